The van der Waals surface area contributed by atoms with Gasteiger partial charge >= 0.3 is 0 Å². The molecular weight excluding hydrogens is 298 g/mol. The molecule has 0 unspecified atom stereocenters. The van der Waals surface area contributed by atoms with E-state index in [0.717, 1.165) is 5.69 Å². The second kappa shape index (κ2) is 5.82. The lowest BCUT2D eigenvalue weighted by Gasteiger charge is -1.99. The summed E-state index contributed by atoms with van der Waals surface area (Å²) in [6, 6.07) is 6.13. The number of thiazole rings is 1. The first-order chi connectivity index (χ1) is 9.51. The highest BCUT2D eigenvalue weighted by Crippen LogP contribution is 2.27. The maximum atomic E-state index is 10.8. The smallest absolute Gasteiger partial charge is 0.258 e. The zero-order valence-corrected chi connectivity index (χ0v) is 11.9. The number of nitrogens with zero attached hydrogens (tertiary/aromatic N) is 3. The van der Waals surface area contributed by atoms with Gasteiger partial charge in [-0.05, 0) is 19.1 Å². The van der Waals surface area contributed by atoms with Crippen molar-refractivity contribution in [1.29, 1.82) is 5.26 Å². The molecule has 0 fully saturated rings. The van der Waals surface area contributed by atoms with Crippen molar-refractivity contribution < 1.29 is 4.92 Å². The maximum Gasteiger partial charge on any atom is 0.270 e. The van der Waals surface area contributed by atoms with Gasteiger partial charge in [-0.2, -0.15) is 5.26 Å². The van der Waals surface area contributed by atoms with Crippen LogP contribution in [0.5, 0.6) is 0 Å². The van der Waals surface area contributed by atoms with Crippen molar-refractivity contribution >= 4 is 40.3 Å². The van der Waals surface area contributed by atoms with Crippen molar-refractivity contribution in [2.45, 2.75) is 6.92 Å². The van der Waals surface area contributed by atoms with Gasteiger partial charge in [0.05, 0.1) is 10.5 Å². The number of hydrogen-bond acceptors (Lipinski definition) is 5. The molecule has 0 saturated carbocycles. The van der Waals surface area contributed by atoms with E-state index in [1.165, 1.54) is 35.6 Å². The molecule has 0 atom stereocenters. The highest BCUT2D eigenvalue weighted by Gasteiger charge is 2.11. The van der Waals surface area contributed by atoms with Crippen LogP contribution in [0.15, 0.2) is 23.6 Å². The summed E-state index contributed by atoms with van der Waals surface area (Å²) in [6.07, 6.45) is 1.51. The third kappa shape index (κ3) is 3.02. The van der Waals surface area contributed by atoms with Crippen LogP contribution in [-0.4, -0.2) is 9.91 Å². The van der Waals surface area contributed by atoms with Crippen LogP contribution in [0.2, 0.25) is 5.02 Å². The van der Waals surface area contributed by atoms with Gasteiger partial charge in [0.1, 0.15) is 11.1 Å². The number of nitro groups is 1. The van der Waals surface area contributed by atoms with Gasteiger partial charge in [0.15, 0.2) is 0 Å². The summed E-state index contributed by atoms with van der Waals surface area (Å²) < 4.78 is 0. The fraction of sp³-hybridized carbons (Fsp3) is 0.0769. The minimum Gasteiger partial charge on any atom is -0.258 e. The zero-order chi connectivity index (χ0) is 14.7. The van der Waals surface area contributed by atoms with E-state index in [-0.39, 0.29) is 5.69 Å². The molecule has 0 aliphatic heterocycles. The first kappa shape index (κ1) is 14.2. The van der Waals surface area contributed by atoms with Crippen LogP contribution in [0.1, 0.15) is 16.3 Å². The average molecular weight is 306 g/mol. The number of aromatic nitrogens is 1. The number of allylic oxidation sites excluding steroid dienone is 1. The normalized spacial score (nSPS) is 11.2. The number of benzene rings is 1. The molecule has 1 aromatic heterocycles. The molecule has 0 spiro atoms. The molecule has 0 radical (unpaired) electrons. The zero-order valence-electron chi connectivity index (χ0n) is 10.3. The summed E-state index contributed by atoms with van der Waals surface area (Å²) in [4.78, 5) is 14.5. The Balaban J connectivity index is 2.50. The Morgan fingerprint density at radius 1 is 1.60 bits per heavy atom. The first-order valence-electron chi connectivity index (χ1n) is 5.49. The molecule has 1 aromatic carbocycles. The van der Waals surface area contributed by atoms with E-state index in [2.05, 4.69) is 4.98 Å². The first-order valence-corrected chi connectivity index (χ1v) is 6.75. The Hall–Kier alpha value is -2.23. The van der Waals surface area contributed by atoms with Crippen LogP contribution in [-0.2, 0) is 0 Å². The highest BCUT2D eigenvalue weighted by molar-refractivity contribution is 7.11. The molecule has 0 bridgehead atoms. The number of hydrogen-bond donors (Lipinski definition) is 0. The number of non-ortho nitro benzene ring substituents is 1. The van der Waals surface area contributed by atoms with Crippen LogP contribution in [0, 0.1) is 28.4 Å². The maximum absolute atomic E-state index is 10.8. The van der Waals surface area contributed by atoms with Crippen molar-refractivity contribution in [2.24, 2.45) is 0 Å². The van der Waals surface area contributed by atoms with Crippen LogP contribution in [0.3, 0.4) is 0 Å². The van der Waals surface area contributed by atoms with Gasteiger partial charge in [-0.1, -0.05) is 11.6 Å². The van der Waals surface area contributed by atoms with E-state index in [9.17, 15) is 15.4 Å². The molecule has 1 heterocycles. The Morgan fingerprint density at radius 2 is 2.35 bits per heavy atom. The van der Waals surface area contributed by atoms with Gasteiger partial charge < -0.3 is 0 Å². The molecule has 100 valence electrons. The summed E-state index contributed by atoms with van der Waals surface area (Å²) in [6.45, 7) is 1.83. The van der Waals surface area contributed by atoms with Crippen LogP contribution < -0.4 is 0 Å². The molecule has 0 aliphatic carbocycles. The lowest BCUT2D eigenvalue weighted by molar-refractivity contribution is -0.384. The van der Waals surface area contributed by atoms with E-state index in [1.807, 2.05) is 18.4 Å². The molecular formula is C13H8ClN3O2S. The number of halogens is 1. The second-order valence-corrected chi connectivity index (χ2v) is 5.19. The lowest BCUT2D eigenvalue weighted by atomic mass is 10.1. The third-order valence-corrected chi connectivity index (χ3v) is 3.80. The van der Waals surface area contributed by atoms with E-state index in [1.54, 1.807) is 0 Å². The Morgan fingerprint density at radius 3 is 2.90 bits per heavy atom. The molecule has 0 amide bonds. The predicted octanol–water partition coefficient (Wildman–Crippen LogP) is 4.08. The molecule has 2 rings (SSSR count). The SMILES string of the molecule is Cc1csc(/C(C#N)=C/c2cc([N+](=O)[O-])ccc2Cl)n1. The number of nitro benzene ring substituents is 1. The predicted molar refractivity (Wildman–Crippen MR) is 78.4 cm³/mol. The van der Waals surface area contributed by atoms with Gasteiger partial charge in [0.2, 0.25) is 0 Å². The Kier molecular flexibility index (Phi) is 4.13. The third-order valence-electron chi connectivity index (χ3n) is 2.46. The number of aryl methyl sites for hydroxylation is 1. The summed E-state index contributed by atoms with van der Waals surface area (Å²) in [5.74, 6) is 0. The lowest BCUT2D eigenvalue weighted by Crippen LogP contribution is -1.89. The van der Waals surface area contributed by atoms with E-state index in [4.69, 9.17) is 11.6 Å². The van der Waals surface area contributed by atoms with Gasteiger partial charge in [-0.3, -0.25) is 10.1 Å². The Bertz CT molecular complexity index is 746. The highest BCUT2D eigenvalue weighted by atomic mass is 35.5. The summed E-state index contributed by atoms with van der Waals surface area (Å²) in [5, 5.41) is 22.7. The number of nitriles is 1. The summed E-state index contributed by atoms with van der Waals surface area (Å²) >= 11 is 7.34. The quantitative estimate of drug-likeness (QED) is 0.486. The molecule has 0 N–H and O–H groups in total. The summed E-state index contributed by atoms with van der Waals surface area (Å²) in [5.41, 5.74) is 1.49. The van der Waals surface area contributed by atoms with E-state index < -0.39 is 4.92 Å². The minimum absolute atomic E-state index is 0.0757. The molecule has 20 heavy (non-hydrogen) atoms. The number of rotatable bonds is 3. The van der Waals surface area contributed by atoms with Crippen molar-refractivity contribution in [1.82, 2.24) is 4.98 Å². The van der Waals surface area contributed by atoms with Crippen molar-refractivity contribution in [3.8, 4) is 6.07 Å². The summed E-state index contributed by atoms with van der Waals surface area (Å²) in [7, 11) is 0. The van der Waals surface area contributed by atoms with E-state index >= 15 is 0 Å². The molecule has 0 saturated heterocycles. The van der Waals surface area contributed by atoms with Gasteiger partial charge in [-0.25, -0.2) is 4.98 Å². The van der Waals surface area contributed by atoms with Crippen molar-refractivity contribution in [3.63, 3.8) is 0 Å². The van der Waals surface area contributed by atoms with E-state index in [0.29, 0.717) is 21.2 Å². The van der Waals surface area contributed by atoms with Gasteiger partial charge in [0.25, 0.3) is 5.69 Å². The van der Waals surface area contributed by atoms with Crippen LogP contribution in [0.4, 0.5) is 5.69 Å². The largest absolute Gasteiger partial charge is 0.270 e. The molecule has 5 nitrogen and oxygen atoms in total. The van der Waals surface area contributed by atoms with Crippen LogP contribution >= 0.6 is 22.9 Å². The topological polar surface area (TPSA) is 79.8 Å². The monoisotopic (exact) mass is 305 g/mol. The minimum atomic E-state index is -0.507. The molecule has 0 aliphatic rings. The van der Waals surface area contributed by atoms with Crippen molar-refractivity contribution in [2.75, 3.05) is 0 Å². The molecule has 2 aromatic rings. The van der Waals surface area contributed by atoms with Gasteiger partial charge in [-0.15, -0.1) is 11.3 Å². The van der Waals surface area contributed by atoms with Crippen molar-refractivity contribution in [3.05, 3.63) is 55.0 Å². The molecule has 7 heteroatoms. The average Bonchev–Trinajstić information content (AvgIpc) is 2.84. The fourth-order valence-corrected chi connectivity index (χ4v) is 2.47. The Labute approximate surface area is 123 Å². The standard InChI is InChI=1S/C13H8ClN3O2S/c1-8-7-20-13(16-8)10(6-15)4-9-5-11(17(18)19)2-3-12(9)14/h2-5,7H,1H3/b10-4+. The second-order valence-electron chi connectivity index (χ2n) is 3.93. The fourth-order valence-electron chi connectivity index (χ4n) is 1.53. The van der Waals surface area contributed by atoms with Crippen LogP contribution in [0.25, 0.3) is 11.6 Å². The van der Waals surface area contributed by atoms with Gasteiger partial charge in [0, 0.05) is 33.8 Å².